The highest BCUT2D eigenvalue weighted by atomic mass is 32.2. The molecule has 0 N–H and O–H groups in total. The summed E-state index contributed by atoms with van der Waals surface area (Å²) in [7, 11) is 0. The highest BCUT2D eigenvalue weighted by Gasteiger charge is 2.02. The number of Topliss-reactive ketones (excluding diaryl/α,β-unsaturated/α-hetero) is 1. The molecule has 0 heterocycles. The Bertz CT molecular complexity index is 166. The molecule has 0 spiro atoms. The smallest absolute Gasteiger partial charge is 0.142 e. The number of ketones is 1. The molecule has 0 atom stereocenters. The summed E-state index contributed by atoms with van der Waals surface area (Å²) < 4.78 is 0. The molecule has 0 amide bonds. The van der Waals surface area contributed by atoms with Crippen molar-refractivity contribution in [2.24, 2.45) is 5.92 Å². The van der Waals surface area contributed by atoms with Gasteiger partial charge in [-0.15, -0.1) is 0 Å². The van der Waals surface area contributed by atoms with Crippen molar-refractivity contribution in [3.63, 3.8) is 0 Å². The van der Waals surface area contributed by atoms with Gasteiger partial charge in [-0.3, -0.25) is 4.79 Å². The van der Waals surface area contributed by atoms with Crippen LogP contribution in [-0.4, -0.2) is 17.3 Å². The van der Waals surface area contributed by atoms with Crippen molar-refractivity contribution in [3.8, 4) is 0 Å². The Hall–Kier alpha value is 0.0200. The van der Waals surface area contributed by atoms with E-state index in [4.69, 9.17) is 0 Å². The number of carbonyl (C=O) groups excluding carboxylic acids is 1. The first-order valence-electron chi connectivity index (χ1n) is 6.76. The molecule has 0 aliphatic heterocycles. The molecule has 0 bridgehead atoms. The van der Waals surface area contributed by atoms with Crippen LogP contribution >= 0.6 is 11.8 Å². The lowest BCUT2D eigenvalue weighted by Gasteiger charge is -2.04. The van der Waals surface area contributed by atoms with Gasteiger partial charge in [0, 0.05) is 6.42 Å². The first-order valence-corrected chi connectivity index (χ1v) is 7.91. The van der Waals surface area contributed by atoms with Crippen molar-refractivity contribution in [2.75, 3.05) is 11.5 Å². The Labute approximate surface area is 106 Å². The minimum absolute atomic E-state index is 0.446. The molecular formula is C14H28OS. The molecule has 0 saturated carbocycles. The average Bonchev–Trinajstić information content (AvgIpc) is 2.22. The van der Waals surface area contributed by atoms with Gasteiger partial charge in [0.1, 0.15) is 5.78 Å². The molecule has 0 aliphatic carbocycles. The molecule has 0 aromatic rings. The standard InChI is InChI=1S/C14H28OS/c1-4-5-6-7-8-9-10-14(15)12-16-11-13(2)3/h13H,4-12H2,1-3H3. The lowest BCUT2D eigenvalue weighted by Crippen LogP contribution is -2.03. The molecular weight excluding hydrogens is 216 g/mol. The molecule has 2 heteroatoms. The lowest BCUT2D eigenvalue weighted by atomic mass is 10.1. The van der Waals surface area contributed by atoms with Crippen LogP contribution in [0.25, 0.3) is 0 Å². The van der Waals surface area contributed by atoms with E-state index in [9.17, 15) is 4.79 Å². The number of rotatable bonds is 11. The van der Waals surface area contributed by atoms with Crippen LogP contribution in [0.3, 0.4) is 0 Å². The van der Waals surface area contributed by atoms with E-state index >= 15 is 0 Å². The van der Waals surface area contributed by atoms with E-state index in [-0.39, 0.29) is 0 Å². The second-order valence-corrected chi connectivity index (χ2v) is 6.00. The maximum absolute atomic E-state index is 11.5. The number of unbranched alkanes of at least 4 members (excludes halogenated alkanes) is 5. The van der Waals surface area contributed by atoms with Gasteiger partial charge >= 0.3 is 0 Å². The van der Waals surface area contributed by atoms with Gasteiger partial charge in [0.05, 0.1) is 5.75 Å². The minimum atomic E-state index is 0.446. The number of hydrogen-bond donors (Lipinski definition) is 0. The SMILES string of the molecule is CCCCCCCCC(=O)CSCC(C)C. The van der Waals surface area contributed by atoms with Gasteiger partial charge < -0.3 is 0 Å². The topological polar surface area (TPSA) is 17.1 Å². The summed E-state index contributed by atoms with van der Waals surface area (Å²) in [4.78, 5) is 11.5. The Morgan fingerprint density at radius 3 is 2.31 bits per heavy atom. The predicted molar refractivity (Wildman–Crippen MR) is 75.2 cm³/mol. The summed E-state index contributed by atoms with van der Waals surface area (Å²) in [6, 6.07) is 0. The molecule has 0 fully saturated rings. The van der Waals surface area contributed by atoms with Gasteiger partial charge in [0.15, 0.2) is 0 Å². The van der Waals surface area contributed by atoms with Crippen molar-refractivity contribution >= 4 is 17.5 Å². The maximum atomic E-state index is 11.5. The number of carbonyl (C=O) groups is 1. The van der Waals surface area contributed by atoms with Gasteiger partial charge in [0.25, 0.3) is 0 Å². The van der Waals surface area contributed by atoms with E-state index in [1.54, 1.807) is 11.8 Å². The second-order valence-electron chi connectivity index (χ2n) is 4.97. The third kappa shape index (κ3) is 12.1. The van der Waals surface area contributed by atoms with E-state index in [0.29, 0.717) is 11.7 Å². The van der Waals surface area contributed by atoms with Crippen LogP contribution in [0, 0.1) is 5.92 Å². The van der Waals surface area contributed by atoms with Gasteiger partial charge in [0.2, 0.25) is 0 Å². The van der Waals surface area contributed by atoms with Crippen molar-refractivity contribution in [1.29, 1.82) is 0 Å². The molecule has 1 nitrogen and oxygen atoms in total. The highest BCUT2D eigenvalue weighted by molar-refractivity contribution is 7.99. The number of hydrogen-bond acceptors (Lipinski definition) is 2. The van der Waals surface area contributed by atoms with Crippen LogP contribution in [0.15, 0.2) is 0 Å². The lowest BCUT2D eigenvalue weighted by molar-refractivity contribution is -0.116. The average molecular weight is 244 g/mol. The van der Waals surface area contributed by atoms with E-state index in [1.807, 2.05) is 0 Å². The summed E-state index contributed by atoms with van der Waals surface area (Å²) in [6.07, 6.45) is 8.43. The quantitative estimate of drug-likeness (QED) is 0.490. The van der Waals surface area contributed by atoms with Gasteiger partial charge in [-0.25, -0.2) is 0 Å². The molecule has 0 unspecified atom stereocenters. The number of thioether (sulfide) groups is 1. The molecule has 0 rings (SSSR count). The zero-order chi connectivity index (χ0) is 12.2. The molecule has 0 radical (unpaired) electrons. The van der Waals surface area contributed by atoms with E-state index in [0.717, 1.165) is 24.3 Å². The van der Waals surface area contributed by atoms with Gasteiger partial charge in [-0.1, -0.05) is 52.9 Å². The van der Waals surface area contributed by atoms with Crippen LogP contribution in [0.5, 0.6) is 0 Å². The molecule has 0 aliphatic rings. The Kier molecular flexibility index (Phi) is 11.5. The summed E-state index contributed by atoms with van der Waals surface area (Å²) in [5.74, 6) is 2.99. The third-order valence-corrected chi connectivity index (χ3v) is 3.95. The van der Waals surface area contributed by atoms with Crippen molar-refractivity contribution in [1.82, 2.24) is 0 Å². The summed E-state index contributed by atoms with van der Waals surface area (Å²) in [5.41, 5.74) is 0. The highest BCUT2D eigenvalue weighted by Crippen LogP contribution is 2.11. The van der Waals surface area contributed by atoms with Crippen LogP contribution in [0.1, 0.15) is 65.7 Å². The van der Waals surface area contributed by atoms with Crippen molar-refractivity contribution in [3.05, 3.63) is 0 Å². The van der Waals surface area contributed by atoms with Crippen molar-refractivity contribution < 1.29 is 4.79 Å². The first-order chi connectivity index (χ1) is 7.66. The maximum Gasteiger partial charge on any atom is 0.142 e. The fourth-order valence-electron chi connectivity index (χ4n) is 1.58. The third-order valence-electron chi connectivity index (χ3n) is 2.52. The van der Waals surface area contributed by atoms with E-state index in [2.05, 4.69) is 20.8 Å². The van der Waals surface area contributed by atoms with Crippen LogP contribution in [-0.2, 0) is 4.79 Å². The monoisotopic (exact) mass is 244 g/mol. The van der Waals surface area contributed by atoms with Gasteiger partial charge in [-0.2, -0.15) is 11.8 Å². The summed E-state index contributed by atoms with van der Waals surface area (Å²) in [6.45, 7) is 6.63. The predicted octanol–water partition coefficient (Wildman–Crippen LogP) is 4.70. The fraction of sp³-hybridized carbons (Fsp3) is 0.929. The molecule has 0 saturated heterocycles. The minimum Gasteiger partial charge on any atom is -0.299 e. The molecule has 16 heavy (non-hydrogen) atoms. The summed E-state index contributed by atoms with van der Waals surface area (Å²) in [5, 5.41) is 0. The van der Waals surface area contributed by atoms with Crippen LogP contribution < -0.4 is 0 Å². The van der Waals surface area contributed by atoms with Crippen LogP contribution in [0.2, 0.25) is 0 Å². The summed E-state index contributed by atoms with van der Waals surface area (Å²) >= 11 is 1.79. The second kappa shape index (κ2) is 11.5. The Morgan fingerprint density at radius 2 is 1.69 bits per heavy atom. The Balaban J connectivity index is 3.17. The zero-order valence-electron chi connectivity index (χ0n) is 11.3. The van der Waals surface area contributed by atoms with E-state index in [1.165, 1.54) is 32.1 Å². The van der Waals surface area contributed by atoms with Crippen LogP contribution in [0.4, 0.5) is 0 Å². The fourth-order valence-corrected chi connectivity index (χ4v) is 2.54. The zero-order valence-corrected chi connectivity index (χ0v) is 12.1. The first kappa shape index (κ1) is 16.0. The van der Waals surface area contributed by atoms with Crippen molar-refractivity contribution in [2.45, 2.75) is 65.7 Å². The normalized spacial score (nSPS) is 11.0. The molecule has 96 valence electrons. The largest absolute Gasteiger partial charge is 0.299 e. The molecule has 0 aromatic carbocycles. The Morgan fingerprint density at radius 1 is 1.06 bits per heavy atom. The van der Waals surface area contributed by atoms with Gasteiger partial charge in [-0.05, 0) is 18.1 Å². The molecule has 0 aromatic heterocycles. The van der Waals surface area contributed by atoms with E-state index < -0.39 is 0 Å².